The first kappa shape index (κ1) is 27.6. The minimum Gasteiger partial charge on any atom is -0.460 e. The third-order valence-corrected chi connectivity index (χ3v) is 8.34. The second-order valence-electron chi connectivity index (χ2n) is 9.34. The Balaban J connectivity index is 1.58. The standard InChI is InChI=1S/C26H35N5O4S/c1-6-13-35-25(34)26(16-27)22-23(26)36-20(24(33)31(22)7-2)11-12-28-18-9-8-10-19(14-18)29-21(32)15-30(5)17(3)4/h6,8-10,14,17,20,22-23,28H,1,7,11-13,15H2,2-5H3,(H,29,32). The number of esters is 1. The van der Waals surface area contributed by atoms with Gasteiger partial charge in [0.15, 0.2) is 5.41 Å². The van der Waals surface area contributed by atoms with Crippen LogP contribution in [0.3, 0.4) is 0 Å². The predicted molar refractivity (Wildman–Crippen MR) is 141 cm³/mol. The van der Waals surface area contributed by atoms with Crippen molar-refractivity contribution in [2.75, 3.05) is 43.9 Å². The van der Waals surface area contributed by atoms with Gasteiger partial charge in [-0.05, 0) is 52.4 Å². The van der Waals surface area contributed by atoms with Crippen molar-refractivity contribution in [3.05, 3.63) is 36.9 Å². The maximum Gasteiger partial charge on any atom is 0.330 e. The molecule has 9 nitrogen and oxygen atoms in total. The first-order chi connectivity index (χ1) is 17.2. The molecule has 2 N–H and O–H groups in total. The van der Waals surface area contributed by atoms with Crippen LogP contribution in [-0.2, 0) is 19.1 Å². The van der Waals surface area contributed by atoms with E-state index in [4.69, 9.17) is 4.74 Å². The zero-order valence-corrected chi connectivity index (χ0v) is 22.1. The SMILES string of the molecule is C=CCOC(=O)C1(C#N)C2SC(CCNc3cccc(NC(=O)CN(C)C(C)C)c3)C(=O)N(CC)C21. The van der Waals surface area contributed by atoms with E-state index < -0.39 is 17.4 Å². The molecule has 3 rings (SSSR count). The molecule has 1 aliphatic carbocycles. The van der Waals surface area contributed by atoms with Crippen molar-refractivity contribution in [1.29, 1.82) is 5.26 Å². The number of nitrogens with zero attached hydrogens (tertiary/aromatic N) is 3. The van der Waals surface area contributed by atoms with E-state index in [-0.39, 0.29) is 35.0 Å². The highest BCUT2D eigenvalue weighted by molar-refractivity contribution is 8.01. The van der Waals surface area contributed by atoms with Gasteiger partial charge < -0.3 is 20.3 Å². The topological polar surface area (TPSA) is 115 Å². The number of fused-ring (bicyclic) bond motifs is 1. The lowest BCUT2D eigenvalue weighted by atomic mass is 10.1. The zero-order valence-electron chi connectivity index (χ0n) is 21.3. The third-order valence-electron chi connectivity index (χ3n) is 6.65. The Bertz CT molecular complexity index is 1040. The van der Waals surface area contributed by atoms with Crippen LogP contribution in [0.4, 0.5) is 11.4 Å². The molecular weight excluding hydrogens is 478 g/mol. The maximum absolute atomic E-state index is 13.1. The quantitative estimate of drug-likeness (QED) is 0.324. The number of hydrogen-bond donors (Lipinski definition) is 2. The summed E-state index contributed by atoms with van der Waals surface area (Å²) in [5.74, 6) is -0.732. The molecule has 194 valence electrons. The molecule has 0 aromatic heterocycles. The summed E-state index contributed by atoms with van der Waals surface area (Å²) < 4.78 is 5.20. The molecule has 2 fully saturated rings. The highest BCUT2D eigenvalue weighted by Gasteiger charge is 2.77. The van der Waals surface area contributed by atoms with Crippen LogP contribution in [0, 0.1) is 16.7 Å². The summed E-state index contributed by atoms with van der Waals surface area (Å²) in [4.78, 5) is 41.7. The normalized spacial score (nSPS) is 24.6. The smallest absolute Gasteiger partial charge is 0.330 e. The van der Waals surface area contributed by atoms with E-state index in [1.807, 2.05) is 57.0 Å². The lowest BCUT2D eigenvalue weighted by molar-refractivity contribution is -0.147. The largest absolute Gasteiger partial charge is 0.460 e. The van der Waals surface area contributed by atoms with Gasteiger partial charge in [0.05, 0.1) is 29.2 Å². The third kappa shape index (κ3) is 5.68. The molecule has 1 saturated carbocycles. The summed E-state index contributed by atoms with van der Waals surface area (Å²) in [7, 11) is 1.90. The van der Waals surface area contributed by atoms with Crippen molar-refractivity contribution >= 4 is 40.9 Å². The maximum atomic E-state index is 13.1. The predicted octanol–water partition coefficient (Wildman–Crippen LogP) is 2.72. The number of benzene rings is 1. The molecule has 0 spiro atoms. The molecule has 4 unspecified atom stereocenters. The van der Waals surface area contributed by atoms with Crippen molar-refractivity contribution in [3.63, 3.8) is 0 Å². The van der Waals surface area contributed by atoms with Gasteiger partial charge in [-0.1, -0.05) is 18.7 Å². The Morgan fingerprint density at radius 1 is 1.39 bits per heavy atom. The number of nitriles is 1. The summed E-state index contributed by atoms with van der Waals surface area (Å²) in [5, 5.41) is 15.4. The minimum absolute atomic E-state index is 0.0355. The number of nitrogens with one attached hydrogen (secondary N) is 2. The van der Waals surface area contributed by atoms with Crippen LogP contribution >= 0.6 is 11.8 Å². The Labute approximate surface area is 217 Å². The molecule has 4 atom stereocenters. The fourth-order valence-electron chi connectivity index (χ4n) is 4.36. The van der Waals surface area contributed by atoms with Crippen molar-refractivity contribution in [2.24, 2.45) is 5.41 Å². The zero-order chi connectivity index (χ0) is 26.5. The number of amides is 2. The Kier molecular flexibility index (Phi) is 9.03. The van der Waals surface area contributed by atoms with Crippen LogP contribution in [-0.4, -0.2) is 83.5 Å². The monoisotopic (exact) mass is 513 g/mol. The molecular formula is C26H35N5O4S. The van der Waals surface area contributed by atoms with Gasteiger partial charge in [0.1, 0.15) is 6.61 Å². The molecule has 1 aliphatic heterocycles. The number of ether oxygens (including phenoxy) is 1. The second kappa shape index (κ2) is 11.8. The number of carbonyl (C=O) groups is 3. The number of hydrogen-bond acceptors (Lipinski definition) is 8. The first-order valence-electron chi connectivity index (χ1n) is 12.2. The van der Waals surface area contributed by atoms with Gasteiger partial charge in [-0.15, -0.1) is 11.8 Å². The van der Waals surface area contributed by atoms with Crippen LogP contribution in [0.25, 0.3) is 0 Å². The number of anilines is 2. The summed E-state index contributed by atoms with van der Waals surface area (Å²) in [5.41, 5.74) is 0.201. The van der Waals surface area contributed by atoms with E-state index in [2.05, 4.69) is 23.3 Å². The Morgan fingerprint density at radius 3 is 2.75 bits per heavy atom. The van der Waals surface area contributed by atoms with E-state index in [0.29, 0.717) is 31.7 Å². The van der Waals surface area contributed by atoms with Gasteiger partial charge >= 0.3 is 5.97 Å². The van der Waals surface area contributed by atoms with Gasteiger partial charge in [0.25, 0.3) is 0 Å². The molecule has 2 amide bonds. The van der Waals surface area contributed by atoms with Crippen molar-refractivity contribution < 1.29 is 19.1 Å². The van der Waals surface area contributed by atoms with Crippen LogP contribution in [0.1, 0.15) is 27.2 Å². The van der Waals surface area contributed by atoms with E-state index >= 15 is 0 Å². The van der Waals surface area contributed by atoms with Crippen LogP contribution in [0.5, 0.6) is 0 Å². The van der Waals surface area contributed by atoms with Gasteiger partial charge in [0, 0.05) is 30.5 Å². The van der Waals surface area contributed by atoms with Gasteiger partial charge in [0.2, 0.25) is 11.8 Å². The number of rotatable bonds is 12. The van der Waals surface area contributed by atoms with Crippen molar-refractivity contribution in [2.45, 2.75) is 49.8 Å². The Hall–Kier alpha value is -3.03. The number of carbonyl (C=O) groups excluding carboxylic acids is 3. The lowest BCUT2D eigenvalue weighted by Crippen LogP contribution is -2.45. The van der Waals surface area contributed by atoms with Crippen LogP contribution < -0.4 is 10.6 Å². The average Bonchev–Trinajstić information content (AvgIpc) is 3.50. The summed E-state index contributed by atoms with van der Waals surface area (Å²) in [6.45, 7) is 10.8. The first-order valence-corrected chi connectivity index (χ1v) is 13.1. The number of thioether (sulfide) groups is 1. The highest BCUT2D eigenvalue weighted by Crippen LogP contribution is 2.61. The molecule has 0 bridgehead atoms. The van der Waals surface area contributed by atoms with Crippen LogP contribution in [0.15, 0.2) is 36.9 Å². The average molecular weight is 514 g/mol. The molecule has 1 heterocycles. The summed E-state index contributed by atoms with van der Waals surface area (Å²) in [6.07, 6.45) is 1.99. The van der Waals surface area contributed by atoms with E-state index in [0.717, 1.165) is 5.69 Å². The molecule has 2 aliphatic rings. The molecule has 0 radical (unpaired) electrons. The summed E-state index contributed by atoms with van der Waals surface area (Å²) in [6, 6.07) is 9.41. The van der Waals surface area contributed by atoms with E-state index in [1.165, 1.54) is 17.8 Å². The van der Waals surface area contributed by atoms with Gasteiger partial charge in [-0.25, -0.2) is 0 Å². The fourth-order valence-corrected chi connectivity index (χ4v) is 6.16. The minimum atomic E-state index is -1.32. The van der Waals surface area contributed by atoms with E-state index in [9.17, 15) is 19.6 Å². The summed E-state index contributed by atoms with van der Waals surface area (Å²) >= 11 is 1.39. The molecule has 36 heavy (non-hydrogen) atoms. The molecule has 10 heteroatoms. The second-order valence-corrected chi connectivity index (χ2v) is 10.7. The molecule has 1 aromatic rings. The van der Waals surface area contributed by atoms with Crippen LogP contribution in [0.2, 0.25) is 0 Å². The lowest BCUT2D eigenvalue weighted by Gasteiger charge is -2.30. The Morgan fingerprint density at radius 2 is 2.11 bits per heavy atom. The molecule has 1 saturated heterocycles. The molecule has 1 aromatic carbocycles. The number of likely N-dealkylation sites (N-methyl/N-ethyl adjacent to an activating group) is 1. The van der Waals surface area contributed by atoms with Gasteiger partial charge in [-0.3, -0.25) is 19.3 Å². The van der Waals surface area contributed by atoms with E-state index in [1.54, 1.807) is 4.90 Å². The van der Waals surface area contributed by atoms with Crippen molar-refractivity contribution in [1.82, 2.24) is 9.80 Å². The van der Waals surface area contributed by atoms with Gasteiger partial charge in [-0.2, -0.15) is 5.26 Å². The highest BCUT2D eigenvalue weighted by atomic mass is 32.2. The fraction of sp³-hybridized carbons (Fsp3) is 0.538. The van der Waals surface area contributed by atoms with Crippen molar-refractivity contribution in [3.8, 4) is 6.07 Å².